The van der Waals surface area contributed by atoms with Crippen molar-refractivity contribution in [1.29, 1.82) is 0 Å². The molecule has 2 nitrogen and oxygen atoms in total. The van der Waals surface area contributed by atoms with Gasteiger partial charge in [-0.1, -0.05) is 24.3 Å². The molecule has 0 spiro atoms. The van der Waals surface area contributed by atoms with Crippen LogP contribution < -0.4 is 0 Å². The van der Waals surface area contributed by atoms with Crippen LogP contribution in [0.5, 0.6) is 0 Å². The van der Waals surface area contributed by atoms with Crippen molar-refractivity contribution in [2.45, 2.75) is 37.7 Å². The van der Waals surface area contributed by atoms with Crippen LogP contribution in [0.25, 0.3) is 0 Å². The average molecular weight is 242 g/mol. The predicted octanol–water partition coefficient (Wildman–Crippen LogP) is 3.44. The fourth-order valence-corrected chi connectivity index (χ4v) is 2.97. The Balaban J connectivity index is 1.99. The second kappa shape index (κ2) is 4.62. The lowest BCUT2D eigenvalue weighted by molar-refractivity contribution is 0.0270. The maximum atomic E-state index is 11.0. The number of fused-ring (bicyclic) bond motifs is 1. The smallest absolute Gasteiger partial charge is 0.0940 e. The predicted molar refractivity (Wildman–Crippen MR) is 70.3 cm³/mol. The van der Waals surface area contributed by atoms with E-state index in [0.717, 1.165) is 36.8 Å². The molecule has 1 aromatic heterocycles. The van der Waals surface area contributed by atoms with Crippen molar-refractivity contribution in [3.8, 4) is 0 Å². The summed E-state index contributed by atoms with van der Waals surface area (Å²) in [5, 5.41) is 11.0. The van der Waals surface area contributed by atoms with E-state index >= 15 is 0 Å². The molecule has 1 atom stereocenters. The van der Waals surface area contributed by atoms with Crippen molar-refractivity contribution in [2.24, 2.45) is 0 Å². The molecule has 1 aliphatic carbocycles. The zero-order valence-corrected chi connectivity index (χ0v) is 10.4. The van der Waals surface area contributed by atoms with E-state index in [2.05, 4.69) is 18.2 Å². The van der Waals surface area contributed by atoms with Crippen LogP contribution in [-0.4, -0.2) is 5.11 Å². The van der Waals surface area contributed by atoms with Gasteiger partial charge in [-0.15, -0.1) is 0 Å². The third-order valence-corrected chi connectivity index (χ3v) is 3.88. The molecular weight excluding hydrogens is 224 g/mol. The first kappa shape index (κ1) is 11.5. The Kier molecular flexibility index (Phi) is 2.96. The Bertz CT molecular complexity index is 516. The number of hydrogen-bond donors (Lipinski definition) is 1. The minimum Gasteiger partial charge on any atom is -0.472 e. The van der Waals surface area contributed by atoms with Crippen molar-refractivity contribution >= 4 is 0 Å². The van der Waals surface area contributed by atoms with E-state index in [1.165, 1.54) is 5.56 Å². The van der Waals surface area contributed by atoms with E-state index in [0.29, 0.717) is 6.42 Å². The fourth-order valence-electron chi connectivity index (χ4n) is 2.97. The van der Waals surface area contributed by atoms with Crippen LogP contribution in [0.1, 0.15) is 36.0 Å². The van der Waals surface area contributed by atoms with Gasteiger partial charge in [-0.25, -0.2) is 0 Å². The van der Waals surface area contributed by atoms with Gasteiger partial charge in [-0.3, -0.25) is 0 Å². The van der Waals surface area contributed by atoms with Crippen molar-refractivity contribution in [1.82, 2.24) is 0 Å². The maximum absolute atomic E-state index is 11.0. The molecule has 0 saturated heterocycles. The van der Waals surface area contributed by atoms with Gasteiger partial charge in [0.25, 0.3) is 0 Å². The van der Waals surface area contributed by atoms with E-state index in [4.69, 9.17) is 4.42 Å². The number of aliphatic hydroxyl groups is 1. The molecule has 0 amide bonds. The number of benzene rings is 1. The van der Waals surface area contributed by atoms with Gasteiger partial charge >= 0.3 is 0 Å². The molecule has 3 rings (SSSR count). The molecule has 1 aromatic carbocycles. The minimum absolute atomic E-state index is 0.639. The Morgan fingerprint density at radius 3 is 2.89 bits per heavy atom. The van der Waals surface area contributed by atoms with E-state index in [1.807, 2.05) is 12.1 Å². The van der Waals surface area contributed by atoms with Crippen LogP contribution in [-0.2, 0) is 18.4 Å². The molecule has 94 valence electrons. The van der Waals surface area contributed by atoms with Crippen molar-refractivity contribution < 1.29 is 9.52 Å². The second-order valence-electron chi connectivity index (χ2n) is 5.20. The van der Waals surface area contributed by atoms with Gasteiger partial charge in [-0.05, 0) is 48.4 Å². The number of hydrogen-bond acceptors (Lipinski definition) is 2. The van der Waals surface area contributed by atoms with Gasteiger partial charge in [0, 0.05) is 6.42 Å². The number of furan rings is 1. The summed E-state index contributed by atoms with van der Waals surface area (Å²) in [7, 11) is 0. The summed E-state index contributed by atoms with van der Waals surface area (Å²) in [4.78, 5) is 0. The highest BCUT2D eigenvalue weighted by atomic mass is 16.3. The first-order valence-electron chi connectivity index (χ1n) is 6.60. The van der Waals surface area contributed by atoms with Crippen LogP contribution in [0.4, 0.5) is 0 Å². The molecule has 1 unspecified atom stereocenters. The molecule has 0 bridgehead atoms. The quantitative estimate of drug-likeness (QED) is 0.818. The molecule has 1 N–H and O–H groups in total. The Hall–Kier alpha value is -1.54. The Morgan fingerprint density at radius 1 is 1.17 bits per heavy atom. The number of rotatable bonds is 2. The number of aryl methyl sites for hydroxylation is 1. The summed E-state index contributed by atoms with van der Waals surface area (Å²) >= 11 is 0. The van der Waals surface area contributed by atoms with Gasteiger partial charge in [-0.2, -0.15) is 0 Å². The second-order valence-corrected chi connectivity index (χ2v) is 5.20. The van der Waals surface area contributed by atoms with Gasteiger partial charge in [0.05, 0.1) is 18.1 Å². The molecular formula is C16H18O2. The highest BCUT2D eigenvalue weighted by molar-refractivity contribution is 5.35. The van der Waals surface area contributed by atoms with Gasteiger partial charge < -0.3 is 9.52 Å². The molecule has 2 heteroatoms. The summed E-state index contributed by atoms with van der Waals surface area (Å²) in [6.07, 6.45) is 8.17. The van der Waals surface area contributed by atoms with Crippen LogP contribution in [0, 0.1) is 0 Å². The molecule has 0 radical (unpaired) electrons. The lowest BCUT2D eigenvalue weighted by atomic mass is 9.83. The molecule has 1 aliphatic rings. The monoisotopic (exact) mass is 242 g/mol. The topological polar surface area (TPSA) is 33.4 Å². The van der Waals surface area contributed by atoms with Gasteiger partial charge in [0.2, 0.25) is 0 Å². The summed E-state index contributed by atoms with van der Waals surface area (Å²) in [6, 6.07) is 10.2. The standard InChI is InChI=1S/C16H18O2/c17-16(11-13-8-10-18-12-13)9-4-3-6-14-5-1-2-7-15(14)16/h1-2,5,7-8,10,12,17H,3-4,6,9,11H2. The van der Waals surface area contributed by atoms with Gasteiger partial charge in [0.15, 0.2) is 0 Å². The van der Waals surface area contributed by atoms with E-state index in [1.54, 1.807) is 12.5 Å². The van der Waals surface area contributed by atoms with Crippen LogP contribution in [0.15, 0.2) is 47.3 Å². The summed E-state index contributed by atoms with van der Waals surface area (Å²) in [6.45, 7) is 0. The van der Waals surface area contributed by atoms with Crippen LogP contribution in [0.2, 0.25) is 0 Å². The zero-order valence-electron chi connectivity index (χ0n) is 10.4. The SMILES string of the molecule is OC1(Cc2ccoc2)CCCCc2ccccc21. The largest absolute Gasteiger partial charge is 0.472 e. The lowest BCUT2D eigenvalue weighted by Gasteiger charge is -2.28. The van der Waals surface area contributed by atoms with E-state index in [9.17, 15) is 5.11 Å². The average Bonchev–Trinajstić information content (AvgIpc) is 2.82. The zero-order chi connectivity index (χ0) is 12.4. The molecule has 0 fully saturated rings. The molecule has 1 heterocycles. The van der Waals surface area contributed by atoms with E-state index < -0.39 is 5.60 Å². The highest BCUT2D eigenvalue weighted by Gasteiger charge is 2.33. The Labute approximate surface area is 107 Å². The molecule has 18 heavy (non-hydrogen) atoms. The third-order valence-electron chi connectivity index (χ3n) is 3.88. The first-order chi connectivity index (χ1) is 8.78. The minimum atomic E-state index is -0.739. The van der Waals surface area contributed by atoms with Crippen LogP contribution in [0.3, 0.4) is 0 Å². The normalized spacial score (nSPS) is 23.4. The first-order valence-corrected chi connectivity index (χ1v) is 6.60. The van der Waals surface area contributed by atoms with E-state index in [-0.39, 0.29) is 0 Å². The lowest BCUT2D eigenvalue weighted by Crippen LogP contribution is -2.28. The van der Waals surface area contributed by atoms with Crippen LogP contribution >= 0.6 is 0 Å². The maximum Gasteiger partial charge on any atom is 0.0940 e. The van der Waals surface area contributed by atoms with Crippen molar-refractivity contribution in [2.75, 3.05) is 0 Å². The summed E-state index contributed by atoms with van der Waals surface area (Å²) in [5.74, 6) is 0. The van der Waals surface area contributed by atoms with Crippen molar-refractivity contribution in [3.05, 3.63) is 59.5 Å². The summed E-state index contributed by atoms with van der Waals surface area (Å²) in [5.41, 5.74) is 2.72. The van der Waals surface area contributed by atoms with Crippen molar-refractivity contribution in [3.63, 3.8) is 0 Å². The third kappa shape index (κ3) is 2.08. The fraction of sp³-hybridized carbons (Fsp3) is 0.375. The van der Waals surface area contributed by atoms with Gasteiger partial charge in [0.1, 0.15) is 0 Å². The molecule has 0 saturated carbocycles. The highest BCUT2D eigenvalue weighted by Crippen LogP contribution is 2.36. The summed E-state index contributed by atoms with van der Waals surface area (Å²) < 4.78 is 5.11. The molecule has 0 aliphatic heterocycles. The Morgan fingerprint density at radius 2 is 2.06 bits per heavy atom. The molecule has 2 aromatic rings.